The number of benzene rings is 2. The van der Waals surface area contributed by atoms with Crippen LogP contribution in [0.1, 0.15) is 5.82 Å². The van der Waals surface area contributed by atoms with Gasteiger partial charge in [0.1, 0.15) is 23.1 Å². The van der Waals surface area contributed by atoms with Crippen LogP contribution in [0.3, 0.4) is 0 Å². The average molecular weight is 315 g/mol. The minimum Gasteiger partial charge on any atom is -0.290 e. The number of imidazole rings is 1. The van der Waals surface area contributed by atoms with E-state index in [9.17, 15) is 17.6 Å². The minimum atomic E-state index is -1.09. The van der Waals surface area contributed by atoms with Crippen LogP contribution in [0, 0.1) is 23.3 Å². The fraction of sp³-hybridized carbons (Fsp3) is 0.0714. The lowest BCUT2D eigenvalue weighted by Gasteiger charge is -2.10. The summed E-state index contributed by atoms with van der Waals surface area (Å²) < 4.78 is 55.3. The summed E-state index contributed by atoms with van der Waals surface area (Å²) in [5.74, 6) is -3.77. The lowest BCUT2D eigenvalue weighted by atomic mass is 10.2. The molecule has 0 N–H and O–H groups in total. The van der Waals surface area contributed by atoms with Gasteiger partial charge in [-0.25, -0.2) is 22.5 Å². The molecule has 2 nitrogen and oxygen atoms in total. The molecule has 0 fully saturated rings. The molecular weight excluding hydrogens is 308 g/mol. The van der Waals surface area contributed by atoms with Gasteiger partial charge in [0.2, 0.25) is 0 Å². The van der Waals surface area contributed by atoms with Gasteiger partial charge in [-0.15, -0.1) is 11.6 Å². The Morgan fingerprint density at radius 3 is 2.24 bits per heavy atom. The Balaban J connectivity index is 2.39. The SMILES string of the molecule is Fc1cc(F)c(-n2c(CCl)nc3cc(F)ccc32)c(F)c1. The minimum absolute atomic E-state index is 0.127. The molecule has 108 valence electrons. The molecular formula is C14H7ClF4N2. The van der Waals surface area contributed by atoms with E-state index in [-0.39, 0.29) is 22.7 Å². The van der Waals surface area contributed by atoms with E-state index < -0.39 is 29.0 Å². The Labute approximate surface area is 121 Å². The molecule has 0 unspecified atom stereocenters. The highest BCUT2D eigenvalue weighted by molar-refractivity contribution is 6.17. The first-order chi connectivity index (χ1) is 10.0. The second-order valence-corrected chi connectivity index (χ2v) is 4.62. The van der Waals surface area contributed by atoms with Gasteiger partial charge in [0.25, 0.3) is 0 Å². The monoisotopic (exact) mass is 314 g/mol. The van der Waals surface area contributed by atoms with Crippen molar-refractivity contribution in [2.24, 2.45) is 0 Å². The number of hydrogen-bond acceptors (Lipinski definition) is 1. The highest BCUT2D eigenvalue weighted by Crippen LogP contribution is 2.27. The first kappa shape index (κ1) is 13.9. The summed E-state index contributed by atoms with van der Waals surface area (Å²) in [5.41, 5.74) is -0.0219. The third kappa shape index (κ3) is 2.25. The van der Waals surface area contributed by atoms with E-state index in [4.69, 9.17) is 11.6 Å². The number of nitrogens with zero attached hydrogens (tertiary/aromatic N) is 2. The Hall–Kier alpha value is -2.08. The van der Waals surface area contributed by atoms with Crippen LogP contribution in [-0.2, 0) is 5.88 Å². The molecule has 3 aromatic rings. The summed E-state index contributed by atoms with van der Waals surface area (Å²) in [5, 5.41) is 0. The van der Waals surface area contributed by atoms with Crippen molar-refractivity contribution in [3.63, 3.8) is 0 Å². The normalized spacial score (nSPS) is 11.3. The van der Waals surface area contributed by atoms with Crippen LogP contribution >= 0.6 is 11.6 Å². The average Bonchev–Trinajstić information content (AvgIpc) is 2.75. The van der Waals surface area contributed by atoms with Gasteiger partial charge >= 0.3 is 0 Å². The molecule has 0 aliphatic heterocycles. The first-order valence-electron chi connectivity index (χ1n) is 5.89. The van der Waals surface area contributed by atoms with Crippen LogP contribution in [-0.4, -0.2) is 9.55 Å². The van der Waals surface area contributed by atoms with Crippen LogP contribution in [0.25, 0.3) is 16.7 Å². The van der Waals surface area contributed by atoms with Gasteiger partial charge in [0.05, 0.1) is 16.9 Å². The summed E-state index contributed by atoms with van der Waals surface area (Å²) in [6.45, 7) is 0. The van der Waals surface area contributed by atoms with Gasteiger partial charge in [0.15, 0.2) is 11.6 Å². The zero-order chi connectivity index (χ0) is 15.1. The molecule has 0 saturated carbocycles. The van der Waals surface area contributed by atoms with Crippen LogP contribution in [0.15, 0.2) is 30.3 Å². The molecule has 0 radical (unpaired) electrons. The topological polar surface area (TPSA) is 17.8 Å². The third-order valence-corrected chi connectivity index (χ3v) is 3.25. The molecule has 1 heterocycles. The number of fused-ring (bicyclic) bond motifs is 1. The summed E-state index contributed by atoms with van der Waals surface area (Å²) in [6, 6.07) is 4.71. The van der Waals surface area contributed by atoms with Gasteiger partial charge in [-0.05, 0) is 12.1 Å². The van der Waals surface area contributed by atoms with E-state index in [1.807, 2.05) is 0 Å². The number of alkyl halides is 1. The van der Waals surface area contributed by atoms with Crippen molar-refractivity contribution in [1.29, 1.82) is 0 Å². The van der Waals surface area contributed by atoms with E-state index in [1.165, 1.54) is 6.07 Å². The van der Waals surface area contributed by atoms with Crippen molar-refractivity contribution >= 4 is 22.6 Å². The molecule has 0 bridgehead atoms. The molecule has 0 spiro atoms. The van der Waals surface area contributed by atoms with Crippen molar-refractivity contribution in [1.82, 2.24) is 9.55 Å². The van der Waals surface area contributed by atoms with Gasteiger partial charge in [-0.2, -0.15) is 0 Å². The highest BCUT2D eigenvalue weighted by Gasteiger charge is 2.20. The lowest BCUT2D eigenvalue weighted by molar-refractivity contribution is 0.534. The predicted octanol–water partition coefficient (Wildman–Crippen LogP) is 4.32. The van der Waals surface area contributed by atoms with Crippen molar-refractivity contribution in [3.8, 4) is 5.69 Å². The van der Waals surface area contributed by atoms with Crippen LogP contribution < -0.4 is 0 Å². The molecule has 0 atom stereocenters. The van der Waals surface area contributed by atoms with Gasteiger partial charge in [-0.1, -0.05) is 0 Å². The van der Waals surface area contributed by atoms with Crippen molar-refractivity contribution in [2.75, 3.05) is 0 Å². The molecule has 3 rings (SSSR count). The molecule has 21 heavy (non-hydrogen) atoms. The maximum Gasteiger partial charge on any atom is 0.153 e. The molecule has 0 aliphatic carbocycles. The Kier molecular flexibility index (Phi) is 3.33. The Morgan fingerprint density at radius 1 is 0.952 bits per heavy atom. The molecule has 2 aromatic carbocycles. The summed E-state index contributed by atoms with van der Waals surface area (Å²) in [7, 11) is 0. The van der Waals surface area contributed by atoms with Crippen molar-refractivity contribution in [2.45, 2.75) is 5.88 Å². The van der Waals surface area contributed by atoms with E-state index >= 15 is 0 Å². The number of aromatic nitrogens is 2. The highest BCUT2D eigenvalue weighted by atomic mass is 35.5. The first-order valence-corrected chi connectivity index (χ1v) is 6.42. The zero-order valence-electron chi connectivity index (χ0n) is 10.4. The fourth-order valence-electron chi connectivity index (χ4n) is 2.19. The summed E-state index contributed by atoms with van der Waals surface area (Å²) in [6.07, 6.45) is 0. The van der Waals surface area contributed by atoms with E-state index in [1.54, 1.807) is 0 Å². The van der Waals surface area contributed by atoms with Crippen LogP contribution in [0.4, 0.5) is 17.6 Å². The lowest BCUT2D eigenvalue weighted by Crippen LogP contribution is -2.06. The second-order valence-electron chi connectivity index (χ2n) is 4.35. The van der Waals surface area contributed by atoms with Gasteiger partial charge in [-0.3, -0.25) is 4.57 Å². The number of hydrogen-bond donors (Lipinski definition) is 0. The largest absolute Gasteiger partial charge is 0.290 e. The maximum absolute atomic E-state index is 14.0. The Morgan fingerprint density at radius 2 is 1.62 bits per heavy atom. The molecule has 0 aliphatic rings. The van der Waals surface area contributed by atoms with Crippen molar-refractivity contribution < 1.29 is 17.6 Å². The number of rotatable bonds is 2. The smallest absolute Gasteiger partial charge is 0.153 e. The third-order valence-electron chi connectivity index (χ3n) is 3.01. The molecule has 7 heteroatoms. The van der Waals surface area contributed by atoms with Crippen LogP contribution in [0.2, 0.25) is 0 Å². The van der Waals surface area contributed by atoms with Crippen LogP contribution in [0.5, 0.6) is 0 Å². The van der Waals surface area contributed by atoms with Gasteiger partial charge < -0.3 is 0 Å². The van der Waals surface area contributed by atoms with E-state index in [2.05, 4.69) is 4.98 Å². The fourth-order valence-corrected chi connectivity index (χ4v) is 2.37. The predicted molar refractivity (Wildman–Crippen MR) is 70.5 cm³/mol. The maximum atomic E-state index is 14.0. The number of halogens is 5. The van der Waals surface area contributed by atoms with Crippen molar-refractivity contribution in [3.05, 3.63) is 59.4 Å². The second kappa shape index (κ2) is 5.04. The molecule has 0 saturated heterocycles. The standard InChI is InChI=1S/C14H7ClF4N2/c15-6-13-20-11-5-7(16)1-2-12(11)21(13)14-9(18)3-8(17)4-10(14)19/h1-5H,6H2. The Bertz CT molecular complexity index is 821. The molecule has 0 amide bonds. The summed E-state index contributed by atoms with van der Waals surface area (Å²) in [4.78, 5) is 4.04. The van der Waals surface area contributed by atoms with E-state index in [0.717, 1.165) is 16.7 Å². The van der Waals surface area contributed by atoms with E-state index in [0.29, 0.717) is 12.1 Å². The molecule has 1 aromatic heterocycles. The summed E-state index contributed by atoms with van der Waals surface area (Å²) >= 11 is 5.73. The van der Waals surface area contributed by atoms with Gasteiger partial charge in [0, 0.05) is 18.2 Å². The quantitative estimate of drug-likeness (QED) is 0.509. The zero-order valence-corrected chi connectivity index (χ0v) is 11.1.